The molecule has 1 aliphatic carbocycles. The molecule has 0 saturated carbocycles. The second-order valence-electron chi connectivity index (χ2n) is 5.77. The number of rotatable bonds is 2. The summed E-state index contributed by atoms with van der Waals surface area (Å²) >= 11 is 0. The number of benzene rings is 1. The summed E-state index contributed by atoms with van der Waals surface area (Å²) in [5, 5.41) is 3.36. The summed E-state index contributed by atoms with van der Waals surface area (Å²) in [6, 6.07) is 6.45. The molecule has 0 fully saturated rings. The van der Waals surface area contributed by atoms with Crippen molar-refractivity contribution in [2.75, 3.05) is 6.54 Å². The third-order valence-electron chi connectivity index (χ3n) is 4.37. The van der Waals surface area contributed by atoms with E-state index in [0.717, 1.165) is 42.9 Å². The first-order valence-electron chi connectivity index (χ1n) is 7.73. The molecular formula is C17H19N3O. The third-order valence-corrected chi connectivity index (χ3v) is 4.37. The summed E-state index contributed by atoms with van der Waals surface area (Å²) < 4.78 is 6.05. The maximum atomic E-state index is 6.05. The molecule has 4 nitrogen and oxygen atoms in total. The average molecular weight is 281 g/mol. The molecule has 0 spiro atoms. The lowest BCUT2D eigenvalue weighted by Crippen LogP contribution is -2.25. The lowest BCUT2D eigenvalue weighted by Gasteiger charge is -2.19. The minimum absolute atomic E-state index is 0.697. The minimum Gasteiger partial charge on any atom is -0.439 e. The van der Waals surface area contributed by atoms with E-state index in [1.54, 1.807) is 6.33 Å². The van der Waals surface area contributed by atoms with Gasteiger partial charge in [-0.15, -0.1) is 0 Å². The molecule has 0 saturated heterocycles. The van der Waals surface area contributed by atoms with E-state index in [1.807, 2.05) is 0 Å². The first-order chi connectivity index (χ1) is 10.4. The summed E-state index contributed by atoms with van der Waals surface area (Å²) in [6.07, 6.45) is 7.50. The molecule has 1 aromatic heterocycles. The number of nitrogens with zero attached hydrogens (tertiary/aromatic N) is 2. The van der Waals surface area contributed by atoms with E-state index in [2.05, 4.69) is 33.5 Å². The number of hydrogen-bond acceptors (Lipinski definition) is 4. The topological polar surface area (TPSA) is 47.0 Å². The highest BCUT2D eigenvalue weighted by Gasteiger charge is 2.17. The predicted octanol–water partition coefficient (Wildman–Crippen LogP) is 2.79. The fourth-order valence-corrected chi connectivity index (χ4v) is 3.22. The van der Waals surface area contributed by atoms with E-state index >= 15 is 0 Å². The van der Waals surface area contributed by atoms with Crippen molar-refractivity contribution in [1.29, 1.82) is 0 Å². The Kier molecular flexibility index (Phi) is 3.31. The fourth-order valence-electron chi connectivity index (χ4n) is 3.22. The Bertz CT molecular complexity index is 669. The van der Waals surface area contributed by atoms with Gasteiger partial charge in [0.05, 0.1) is 11.3 Å². The van der Waals surface area contributed by atoms with Gasteiger partial charge in [-0.2, -0.15) is 0 Å². The molecule has 1 N–H and O–H groups in total. The number of ether oxygens (including phenoxy) is 1. The Labute approximate surface area is 124 Å². The Morgan fingerprint density at radius 2 is 1.90 bits per heavy atom. The Hall–Kier alpha value is -1.94. The van der Waals surface area contributed by atoms with Crippen molar-refractivity contribution in [3.63, 3.8) is 0 Å². The molecule has 0 unspecified atom stereocenters. The van der Waals surface area contributed by atoms with Gasteiger partial charge in [0.25, 0.3) is 0 Å². The summed E-state index contributed by atoms with van der Waals surface area (Å²) in [5.74, 6) is 1.59. The quantitative estimate of drug-likeness (QED) is 0.919. The highest BCUT2D eigenvalue weighted by molar-refractivity contribution is 5.40. The number of aromatic nitrogens is 2. The number of aryl methyl sites for hydroxylation is 2. The summed E-state index contributed by atoms with van der Waals surface area (Å²) in [4.78, 5) is 8.69. The zero-order chi connectivity index (χ0) is 14.1. The molecule has 108 valence electrons. The zero-order valence-electron chi connectivity index (χ0n) is 12.1. The molecule has 4 heteroatoms. The van der Waals surface area contributed by atoms with Crippen LogP contribution in [0.25, 0.3) is 0 Å². The fraction of sp³-hybridized carbons (Fsp3) is 0.412. The van der Waals surface area contributed by atoms with Crippen LogP contribution in [0.15, 0.2) is 24.5 Å². The number of nitrogens with one attached hydrogen (secondary N) is 1. The van der Waals surface area contributed by atoms with E-state index in [-0.39, 0.29) is 0 Å². The van der Waals surface area contributed by atoms with Gasteiger partial charge in [-0.25, -0.2) is 9.97 Å². The highest BCUT2D eigenvalue weighted by Crippen LogP contribution is 2.30. The van der Waals surface area contributed by atoms with Crippen LogP contribution in [0.5, 0.6) is 11.6 Å². The maximum Gasteiger partial charge on any atom is 0.227 e. The van der Waals surface area contributed by atoms with Crippen molar-refractivity contribution in [3.8, 4) is 11.6 Å². The van der Waals surface area contributed by atoms with E-state index in [0.29, 0.717) is 5.88 Å². The highest BCUT2D eigenvalue weighted by atomic mass is 16.5. The molecule has 2 aliphatic rings. The monoisotopic (exact) mass is 281 g/mol. The second kappa shape index (κ2) is 5.45. The van der Waals surface area contributed by atoms with Crippen molar-refractivity contribution < 1.29 is 4.74 Å². The lowest BCUT2D eigenvalue weighted by atomic mass is 9.92. The molecule has 2 heterocycles. The van der Waals surface area contributed by atoms with Crippen molar-refractivity contribution in [1.82, 2.24) is 15.3 Å². The largest absolute Gasteiger partial charge is 0.439 e. The van der Waals surface area contributed by atoms with E-state index in [1.165, 1.54) is 30.4 Å². The van der Waals surface area contributed by atoms with Crippen LogP contribution in [-0.2, 0) is 25.8 Å². The van der Waals surface area contributed by atoms with E-state index < -0.39 is 0 Å². The standard InChI is InChI=1S/C17H19N3O/c1-2-4-13-9-14(6-5-12(13)3-1)21-17-15-10-18-8-7-16(15)19-11-20-17/h5-6,9,11,18H,1-4,7-8,10H2. The van der Waals surface area contributed by atoms with Crippen LogP contribution in [-0.4, -0.2) is 16.5 Å². The van der Waals surface area contributed by atoms with Crippen molar-refractivity contribution in [2.24, 2.45) is 0 Å². The van der Waals surface area contributed by atoms with Crippen LogP contribution in [0.1, 0.15) is 35.2 Å². The van der Waals surface area contributed by atoms with Crippen LogP contribution in [0, 0.1) is 0 Å². The van der Waals surface area contributed by atoms with Crippen molar-refractivity contribution >= 4 is 0 Å². The van der Waals surface area contributed by atoms with Crippen LogP contribution in [0.2, 0.25) is 0 Å². The van der Waals surface area contributed by atoms with Crippen molar-refractivity contribution in [3.05, 3.63) is 46.9 Å². The molecule has 2 aromatic rings. The van der Waals surface area contributed by atoms with Gasteiger partial charge >= 0.3 is 0 Å². The second-order valence-corrected chi connectivity index (χ2v) is 5.77. The molecule has 1 aliphatic heterocycles. The van der Waals surface area contributed by atoms with Gasteiger partial charge in [0.2, 0.25) is 5.88 Å². The molecule has 21 heavy (non-hydrogen) atoms. The van der Waals surface area contributed by atoms with Crippen LogP contribution < -0.4 is 10.1 Å². The predicted molar refractivity (Wildman–Crippen MR) is 80.6 cm³/mol. The van der Waals surface area contributed by atoms with E-state index in [4.69, 9.17) is 4.74 Å². The SMILES string of the molecule is c1nc2c(c(Oc3ccc4c(c3)CCCC4)n1)CNCC2. The Balaban J connectivity index is 1.64. The maximum absolute atomic E-state index is 6.05. The number of hydrogen-bond donors (Lipinski definition) is 1. The van der Waals surface area contributed by atoms with Crippen LogP contribution in [0.4, 0.5) is 0 Å². The van der Waals surface area contributed by atoms with Crippen LogP contribution >= 0.6 is 0 Å². The molecule has 1 aromatic carbocycles. The first-order valence-corrected chi connectivity index (χ1v) is 7.73. The van der Waals surface area contributed by atoms with Gasteiger partial charge in [-0.1, -0.05) is 6.07 Å². The third kappa shape index (κ3) is 2.51. The van der Waals surface area contributed by atoms with Gasteiger partial charge < -0.3 is 10.1 Å². The Morgan fingerprint density at radius 1 is 1.00 bits per heavy atom. The first kappa shape index (κ1) is 12.8. The van der Waals surface area contributed by atoms with Crippen LogP contribution in [0.3, 0.4) is 0 Å². The van der Waals surface area contributed by atoms with Gasteiger partial charge in [-0.05, 0) is 48.9 Å². The van der Waals surface area contributed by atoms with Gasteiger partial charge in [-0.3, -0.25) is 0 Å². The molecule has 0 amide bonds. The zero-order valence-corrected chi connectivity index (χ0v) is 12.1. The normalized spacial score (nSPS) is 17.0. The van der Waals surface area contributed by atoms with Gasteiger partial charge in [0.1, 0.15) is 12.1 Å². The average Bonchev–Trinajstić information content (AvgIpc) is 2.55. The molecule has 0 atom stereocenters. The molecule has 0 bridgehead atoms. The van der Waals surface area contributed by atoms with Gasteiger partial charge in [0, 0.05) is 19.5 Å². The summed E-state index contributed by atoms with van der Waals surface area (Å²) in [7, 11) is 0. The smallest absolute Gasteiger partial charge is 0.227 e. The summed E-state index contributed by atoms with van der Waals surface area (Å²) in [6.45, 7) is 1.76. The van der Waals surface area contributed by atoms with Crippen molar-refractivity contribution in [2.45, 2.75) is 38.6 Å². The molecule has 0 radical (unpaired) electrons. The molecule has 4 rings (SSSR count). The molecular weight excluding hydrogens is 262 g/mol. The lowest BCUT2D eigenvalue weighted by molar-refractivity contribution is 0.443. The Morgan fingerprint density at radius 3 is 2.86 bits per heavy atom. The van der Waals surface area contributed by atoms with E-state index in [9.17, 15) is 0 Å². The number of fused-ring (bicyclic) bond motifs is 2. The van der Waals surface area contributed by atoms with Gasteiger partial charge in [0.15, 0.2) is 0 Å². The summed E-state index contributed by atoms with van der Waals surface area (Å²) in [5.41, 5.74) is 5.11. The minimum atomic E-state index is 0.697.